The van der Waals surface area contributed by atoms with Crippen LogP contribution in [0.25, 0.3) is 0 Å². The minimum atomic E-state index is -3.84. The summed E-state index contributed by atoms with van der Waals surface area (Å²) >= 11 is 0. The molecule has 1 aromatic carbocycles. The first-order valence-corrected chi connectivity index (χ1v) is 8.12. The summed E-state index contributed by atoms with van der Waals surface area (Å²) in [6.45, 7) is 9.69. The van der Waals surface area contributed by atoms with E-state index in [0.717, 1.165) is 10.8 Å². The third-order valence-corrected chi connectivity index (χ3v) is 5.73. The summed E-state index contributed by atoms with van der Waals surface area (Å²) in [4.78, 5) is -0.488. The first-order valence-electron chi connectivity index (χ1n) is 5.02. The second-order valence-corrected chi connectivity index (χ2v) is 7.45. The van der Waals surface area contributed by atoms with Crippen LogP contribution < -0.4 is 0 Å². The van der Waals surface area contributed by atoms with Crippen LogP contribution in [-0.4, -0.2) is 76.0 Å². The largest absolute Gasteiger partial charge is 0.219 e. The SMILES string of the molecule is C=CS(=O)(=O)c1ccc(C)c(C)c1S(=O)(=O)C=C.[Na].[Na]. The second-order valence-electron chi connectivity index (χ2n) is 3.76. The zero-order chi connectivity index (χ0) is 14.1. The van der Waals surface area contributed by atoms with Gasteiger partial charge in [-0.3, -0.25) is 0 Å². The molecular formula is C12H14Na2O4S2. The van der Waals surface area contributed by atoms with Gasteiger partial charge in [-0.15, -0.1) is 0 Å². The fraction of sp³-hybridized carbons (Fsp3) is 0.167. The van der Waals surface area contributed by atoms with Gasteiger partial charge in [-0.1, -0.05) is 19.2 Å². The number of benzene rings is 1. The summed E-state index contributed by atoms with van der Waals surface area (Å²) in [5, 5.41) is 1.48. The normalized spacial score (nSPS) is 10.9. The van der Waals surface area contributed by atoms with Crippen molar-refractivity contribution in [1.82, 2.24) is 0 Å². The molecule has 8 heteroatoms. The van der Waals surface area contributed by atoms with Crippen molar-refractivity contribution in [2.75, 3.05) is 0 Å². The van der Waals surface area contributed by atoms with Gasteiger partial charge in [-0.05, 0) is 31.0 Å². The quantitative estimate of drug-likeness (QED) is 0.781. The predicted octanol–water partition coefficient (Wildman–Crippen LogP) is 1.38. The molecule has 0 aliphatic carbocycles. The van der Waals surface area contributed by atoms with Crippen molar-refractivity contribution in [3.63, 3.8) is 0 Å². The Labute approximate surface area is 164 Å². The van der Waals surface area contributed by atoms with Gasteiger partial charge in [0.2, 0.25) is 19.7 Å². The molecule has 4 nitrogen and oxygen atoms in total. The predicted molar refractivity (Wildman–Crippen MR) is 82.2 cm³/mol. The molecule has 0 atom stereocenters. The molecule has 0 bridgehead atoms. The number of hydrogen-bond donors (Lipinski definition) is 0. The smallest absolute Gasteiger partial charge is 0.200 e. The van der Waals surface area contributed by atoms with Gasteiger partial charge in [0.05, 0.1) is 9.79 Å². The Balaban J connectivity index is 0. The van der Waals surface area contributed by atoms with E-state index >= 15 is 0 Å². The van der Waals surface area contributed by atoms with Crippen LogP contribution in [0.1, 0.15) is 11.1 Å². The molecule has 0 aliphatic rings. The van der Waals surface area contributed by atoms with E-state index in [9.17, 15) is 16.8 Å². The van der Waals surface area contributed by atoms with Crippen molar-refractivity contribution in [2.45, 2.75) is 23.6 Å². The molecular weight excluding hydrogens is 318 g/mol. The molecule has 100 valence electrons. The van der Waals surface area contributed by atoms with Crippen LogP contribution in [0.15, 0.2) is 45.9 Å². The zero-order valence-corrected chi connectivity index (χ0v) is 17.8. The summed E-state index contributed by atoms with van der Waals surface area (Å²) in [6.07, 6.45) is 0. The van der Waals surface area contributed by atoms with Gasteiger partial charge in [-0.25, -0.2) is 16.8 Å². The molecule has 0 spiro atoms. The molecule has 1 aromatic rings. The van der Waals surface area contributed by atoms with Gasteiger partial charge in [0.15, 0.2) is 0 Å². The molecule has 0 saturated heterocycles. The van der Waals surface area contributed by atoms with Gasteiger partial charge < -0.3 is 0 Å². The Morgan fingerprint density at radius 2 is 1.35 bits per heavy atom. The topological polar surface area (TPSA) is 68.3 Å². The second kappa shape index (κ2) is 8.29. The summed E-state index contributed by atoms with van der Waals surface area (Å²) in [5.74, 6) is 0. The van der Waals surface area contributed by atoms with Crippen LogP contribution >= 0.6 is 0 Å². The van der Waals surface area contributed by atoms with Crippen LogP contribution in [0.3, 0.4) is 0 Å². The molecule has 0 amide bonds. The first-order chi connectivity index (χ1) is 8.17. The van der Waals surface area contributed by atoms with E-state index in [2.05, 4.69) is 13.2 Å². The number of rotatable bonds is 4. The maximum Gasteiger partial charge on any atom is 0.200 e. The number of aryl methyl sites for hydroxylation is 1. The molecule has 20 heavy (non-hydrogen) atoms. The standard InChI is InChI=1S/C12H14O4S2.2Na/c1-5-17(13,14)11-8-7-9(3)10(4)12(11)18(15,16)6-2;;/h5-8H,1-2H2,3-4H3;;. The van der Waals surface area contributed by atoms with Gasteiger partial charge >= 0.3 is 0 Å². The fourth-order valence-electron chi connectivity index (χ4n) is 1.52. The van der Waals surface area contributed by atoms with Crippen molar-refractivity contribution in [2.24, 2.45) is 0 Å². The maximum absolute atomic E-state index is 11.9. The molecule has 0 aliphatic heterocycles. The minimum absolute atomic E-state index is 0. The van der Waals surface area contributed by atoms with Crippen LogP contribution in [-0.2, 0) is 19.7 Å². The van der Waals surface area contributed by atoms with E-state index in [-0.39, 0.29) is 68.9 Å². The van der Waals surface area contributed by atoms with Crippen LogP contribution in [0, 0.1) is 13.8 Å². The molecule has 0 unspecified atom stereocenters. The van der Waals surface area contributed by atoms with Gasteiger partial charge in [0, 0.05) is 69.9 Å². The molecule has 0 fully saturated rings. The monoisotopic (exact) mass is 332 g/mol. The summed E-state index contributed by atoms with van der Waals surface area (Å²) in [5.41, 5.74) is 1.09. The zero-order valence-electron chi connectivity index (χ0n) is 12.2. The van der Waals surface area contributed by atoms with Gasteiger partial charge in [0.1, 0.15) is 0 Å². The van der Waals surface area contributed by atoms with Crippen LogP contribution in [0.4, 0.5) is 0 Å². The Morgan fingerprint density at radius 1 is 0.900 bits per heavy atom. The number of hydrogen-bond acceptors (Lipinski definition) is 4. The first kappa shape index (κ1) is 22.9. The summed E-state index contributed by atoms with van der Waals surface area (Å²) in [7, 11) is -7.66. The third-order valence-electron chi connectivity index (χ3n) is 2.67. The summed E-state index contributed by atoms with van der Waals surface area (Å²) < 4.78 is 47.5. The van der Waals surface area contributed by atoms with Crippen molar-refractivity contribution in [3.05, 3.63) is 47.2 Å². The van der Waals surface area contributed by atoms with E-state index < -0.39 is 19.7 Å². The van der Waals surface area contributed by atoms with E-state index in [1.807, 2.05) is 0 Å². The average molecular weight is 332 g/mol. The maximum atomic E-state index is 11.9. The number of sulfone groups is 2. The van der Waals surface area contributed by atoms with Gasteiger partial charge in [-0.2, -0.15) is 0 Å². The Kier molecular flexibility index (Phi) is 9.48. The fourth-order valence-corrected chi connectivity index (χ4v) is 4.16. The van der Waals surface area contributed by atoms with Gasteiger partial charge in [0.25, 0.3) is 0 Å². The van der Waals surface area contributed by atoms with Crippen molar-refractivity contribution >= 4 is 78.8 Å². The van der Waals surface area contributed by atoms with Crippen molar-refractivity contribution in [3.8, 4) is 0 Å². The molecule has 0 aromatic heterocycles. The van der Waals surface area contributed by atoms with E-state index in [1.54, 1.807) is 19.9 Å². The molecule has 2 radical (unpaired) electrons. The molecule has 0 saturated carbocycles. The molecule has 0 heterocycles. The van der Waals surface area contributed by atoms with Crippen molar-refractivity contribution < 1.29 is 16.8 Å². The summed E-state index contributed by atoms with van der Waals surface area (Å²) in [6, 6.07) is 2.84. The molecule has 1 rings (SSSR count). The third kappa shape index (κ3) is 4.55. The van der Waals surface area contributed by atoms with Crippen LogP contribution in [0.2, 0.25) is 0 Å². The average Bonchev–Trinajstić information content (AvgIpc) is 2.31. The van der Waals surface area contributed by atoms with E-state index in [0.29, 0.717) is 11.1 Å². The van der Waals surface area contributed by atoms with E-state index in [1.165, 1.54) is 6.07 Å². The van der Waals surface area contributed by atoms with Crippen molar-refractivity contribution in [1.29, 1.82) is 0 Å². The minimum Gasteiger partial charge on any atom is -0.219 e. The Morgan fingerprint density at radius 3 is 1.75 bits per heavy atom. The Bertz CT molecular complexity index is 720. The van der Waals surface area contributed by atoms with Crippen LogP contribution in [0.5, 0.6) is 0 Å². The molecule has 0 N–H and O–H groups in total. The van der Waals surface area contributed by atoms with E-state index in [4.69, 9.17) is 0 Å². The Hall–Kier alpha value is 0.600.